The zero-order chi connectivity index (χ0) is 24.4. The van der Waals surface area contributed by atoms with Gasteiger partial charge < -0.3 is 9.64 Å². The minimum atomic E-state index is -0.557. The van der Waals surface area contributed by atoms with Gasteiger partial charge >= 0.3 is 5.97 Å². The summed E-state index contributed by atoms with van der Waals surface area (Å²) in [4.78, 5) is 54.5. The monoisotopic (exact) mass is 472 g/mol. The van der Waals surface area contributed by atoms with Crippen molar-refractivity contribution in [2.24, 2.45) is 29.6 Å². The van der Waals surface area contributed by atoms with E-state index in [-0.39, 0.29) is 42.5 Å². The highest BCUT2D eigenvalue weighted by Crippen LogP contribution is 2.56. The van der Waals surface area contributed by atoms with Crippen molar-refractivity contribution in [3.8, 4) is 5.75 Å². The third-order valence-corrected chi connectivity index (χ3v) is 8.35. The van der Waals surface area contributed by atoms with Crippen LogP contribution in [-0.2, 0) is 19.2 Å². The van der Waals surface area contributed by atoms with Crippen LogP contribution in [0.25, 0.3) is 0 Å². The van der Waals surface area contributed by atoms with Gasteiger partial charge in [0.2, 0.25) is 17.7 Å². The first kappa shape index (κ1) is 22.0. The smallest absolute Gasteiger partial charge is 0.316 e. The number of hydrogen-bond acceptors (Lipinski definition) is 5. The highest BCUT2D eigenvalue weighted by Gasteiger charge is 2.61. The van der Waals surface area contributed by atoms with Gasteiger partial charge in [-0.05, 0) is 86.4 Å². The lowest BCUT2D eigenvalue weighted by Crippen LogP contribution is -2.32. The van der Waals surface area contributed by atoms with E-state index in [1.807, 2.05) is 32.0 Å². The average molecular weight is 473 g/mol. The van der Waals surface area contributed by atoms with E-state index < -0.39 is 11.9 Å². The summed E-state index contributed by atoms with van der Waals surface area (Å²) in [6.45, 7) is 4.20. The lowest BCUT2D eigenvalue weighted by Gasteiger charge is -2.19. The number of carbonyl (C=O) groups is 4. The molecule has 0 N–H and O–H groups in total. The van der Waals surface area contributed by atoms with Crippen LogP contribution in [0.1, 0.15) is 36.8 Å². The van der Waals surface area contributed by atoms with Crippen molar-refractivity contribution in [2.45, 2.75) is 39.5 Å². The molecule has 0 aromatic heterocycles. The van der Waals surface area contributed by atoms with Crippen molar-refractivity contribution in [3.63, 3.8) is 0 Å². The molecule has 0 spiro atoms. The van der Waals surface area contributed by atoms with Gasteiger partial charge in [-0.1, -0.05) is 12.1 Å². The van der Waals surface area contributed by atoms with Crippen LogP contribution in [0.3, 0.4) is 0 Å². The van der Waals surface area contributed by atoms with E-state index in [1.165, 1.54) is 4.90 Å². The Balaban J connectivity index is 1.13. The number of aryl methyl sites for hydroxylation is 2. The maximum atomic E-state index is 13.0. The van der Waals surface area contributed by atoms with Crippen LogP contribution in [0.2, 0.25) is 0 Å². The Morgan fingerprint density at radius 2 is 1.57 bits per heavy atom. The normalized spacial score (nSPS) is 29.3. The number of anilines is 2. The molecule has 4 aliphatic rings. The minimum absolute atomic E-state index is 0.0899. The molecule has 2 aliphatic carbocycles. The highest BCUT2D eigenvalue weighted by atomic mass is 16.5. The molecule has 7 nitrogen and oxygen atoms in total. The molecule has 2 saturated carbocycles. The number of nitrogens with zero attached hydrogens (tertiary/aromatic N) is 2. The number of carbonyl (C=O) groups excluding carboxylic acids is 4. The van der Waals surface area contributed by atoms with Crippen LogP contribution in [-0.4, -0.2) is 30.2 Å². The number of rotatable bonds is 4. The summed E-state index contributed by atoms with van der Waals surface area (Å²) < 4.78 is 5.57. The summed E-state index contributed by atoms with van der Waals surface area (Å²) in [5.74, 6) is -0.625. The van der Waals surface area contributed by atoms with Crippen molar-refractivity contribution in [2.75, 3.05) is 16.3 Å². The highest BCUT2D eigenvalue weighted by molar-refractivity contribution is 6.22. The third-order valence-electron chi connectivity index (χ3n) is 8.35. The first-order chi connectivity index (χ1) is 16.8. The standard InChI is InChI=1S/C28H28N2O5/c1-15-3-4-16(2)22(11-15)29-14-19(13-23(29)31)28(34)35-21-9-7-20(8-10-21)30-26(32)24-17-5-6-18(12-17)25(24)27(30)33/h3-4,7-11,17-19,24-25H,5-6,12-14H2,1-2H3/t17-,18-,19+,24+,25+/m0/s1. The van der Waals surface area contributed by atoms with E-state index in [9.17, 15) is 19.2 Å². The summed E-state index contributed by atoms with van der Waals surface area (Å²) in [5.41, 5.74) is 3.38. The second-order valence-electron chi connectivity index (χ2n) is 10.5. The van der Waals surface area contributed by atoms with Gasteiger partial charge in [-0.3, -0.25) is 24.1 Å². The summed E-state index contributed by atoms with van der Waals surface area (Å²) in [7, 11) is 0. The van der Waals surface area contributed by atoms with Crippen LogP contribution in [0.4, 0.5) is 11.4 Å². The molecule has 6 rings (SSSR count). The molecule has 35 heavy (non-hydrogen) atoms. The van der Waals surface area contributed by atoms with E-state index in [0.29, 0.717) is 23.3 Å². The van der Waals surface area contributed by atoms with E-state index in [0.717, 1.165) is 36.1 Å². The number of benzene rings is 2. The van der Waals surface area contributed by atoms with Crippen molar-refractivity contribution >= 4 is 35.1 Å². The minimum Gasteiger partial charge on any atom is -0.426 e. The van der Waals surface area contributed by atoms with Gasteiger partial charge in [-0.15, -0.1) is 0 Å². The summed E-state index contributed by atoms with van der Waals surface area (Å²) in [6.07, 6.45) is 3.18. The molecule has 180 valence electrons. The first-order valence-electron chi connectivity index (χ1n) is 12.4. The maximum absolute atomic E-state index is 13.0. The third kappa shape index (κ3) is 3.48. The number of fused-ring (bicyclic) bond motifs is 5. The van der Waals surface area contributed by atoms with Gasteiger partial charge in [0, 0.05) is 18.7 Å². The first-order valence-corrected chi connectivity index (χ1v) is 12.4. The van der Waals surface area contributed by atoms with Crippen LogP contribution in [0.15, 0.2) is 42.5 Å². The van der Waals surface area contributed by atoms with Crippen molar-refractivity contribution in [3.05, 3.63) is 53.6 Å². The second kappa shape index (κ2) is 8.04. The molecule has 5 atom stereocenters. The molecule has 4 fully saturated rings. The van der Waals surface area contributed by atoms with E-state index in [2.05, 4.69) is 0 Å². The molecular formula is C28H28N2O5. The quantitative estimate of drug-likeness (QED) is 0.384. The molecule has 2 aliphatic heterocycles. The van der Waals surface area contributed by atoms with Gasteiger partial charge in [0.1, 0.15) is 5.75 Å². The summed E-state index contributed by atoms with van der Waals surface area (Å²) in [5, 5.41) is 0. The van der Waals surface area contributed by atoms with E-state index >= 15 is 0 Å². The van der Waals surface area contributed by atoms with Crippen LogP contribution < -0.4 is 14.5 Å². The number of amides is 3. The molecule has 3 amide bonds. The molecule has 0 radical (unpaired) electrons. The van der Waals surface area contributed by atoms with Gasteiger partial charge in [-0.25, -0.2) is 0 Å². The Morgan fingerprint density at radius 1 is 0.914 bits per heavy atom. The molecule has 2 bridgehead atoms. The predicted molar refractivity (Wildman–Crippen MR) is 129 cm³/mol. The van der Waals surface area contributed by atoms with Crippen molar-refractivity contribution in [1.82, 2.24) is 0 Å². The van der Waals surface area contributed by atoms with Gasteiger partial charge in [0.15, 0.2) is 0 Å². The van der Waals surface area contributed by atoms with Gasteiger partial charge in [0.05, 0.1) is 23.4 Å². The number of esters is 1. The number of imide groups is 1. The fraction of sp³-hybridized carbons (Fsp3) is 0.429. The fourth-order valence-corrected chi connectivity index (χ4v) is 6.63. The van der Waals surface area contributed by atoms with E-state index in [4.69, 9.17) is 4.74 Å². The van der Waals surface area contributed by atoms with Gasteiger partial charge in [-0.2, -0.15) is 0 Å². The second-order valence-corrected chi connectivity index (χ2v) is 10.5. The topological polar surface area (TPSA) is 84.0 Å². The Morgan fingerprint density at radius 3 is 2.23 bits per heavy atom. The zero-order valence-electron chi connectivity index (χ0n) is 19.9. The Kier molecular flexibility index (Phi) is 5.06. The Bertz CT molecular complexity index is 1220. The molecule has 0 unspecified atom stereocenters. The maximum Gasteiger partial charge on any atom is 0.316 e. The molecule has 2 aromatic rings. The average Bonchev–Trinajstić information content (AvgIpc) is 3.60. The Labute approximate surface area is 204 Å². The van der Waals surface area contributed by atoms with Crippen LogP contribution >= 0.6 is 0 Å². The zero-order valence-corrected chi connectivity index (χ0v) is 19.9. The lowest BCUT2D eigenvalue weighted by molar-refractivity contribution is -0.139. The molecule has 7 heteroatoms. The van der Waals surface area contributed by atoms with Gasteiger partial charge in [0.25, 0.3) is 0 Å². The van der Waals surface area contributed by atoms with Crippen LogP contribution in [0.5, 0.6) is 5.75 Å². The number of ether oxygens (including phenoxy) is 1. The summed E-state index contributed by atoms with van der Waals surface area (Å²) in [6, 6.07) is 12.5. The van der Waals surface area contributed by atoms with E-state index in [1.54, 1.807) is 29.2 Å². The number of hydrogen-bond donors (Lipinski definition) is 0. The Hall–Kier alpha value is -3.48. The summed E-state index contributed by atoms with van der Waals surface area (Å²) >= 11 is 0. The molecule has 2 heterocycles. The molecule has 2 saturated heterocycles. The molecular weight excluding hydrogens is 444 g/mol. The predicted octanol–water partition coefficient (Wildman–Crippen LogP) is 3.80. The largest absolute Gasteiger partial charge is 0.426 e. The fourth-order valence-electron chi connectivity index (χ4n) is 6.63. The molecule has 2 aromatic carbocycles. The van der Waals surface area contributed by atoms with Crippen LogP contribution in [0, 0.1) is 43.4 Å². The SMILES string of the molecule is Cc1ccc(C)c(N2C[C@H](C(=O)Oc3ccc(N4C(=O)[C@@H]5[C@H]6CC[C@@H](C6)[C@H]5C4=O)cc3)CC2=O)c1. The lowest BCUT2D eigenvalue weighted by atomic mass is 9.81. The van der Waals surface area contributed by atoms with Crippen molar-refractivity contribution in [1.29, 1.82) is 0 Å². The van der Waals surface area contributed by atoms with Crippen molar-refractivity contribution < 1.29 is 23.9 Å².